The van der Waals surface area contributed by atoms with Crippen molar-refractivity contribution in [1.29, 1.82) is 0 Å². The van der Waals surface area contributed by atoms with Gasteiger partial charge in [-0.3, -0.25) is 29.7 Å². The van der Waals surface area contributed by atoms with Crippen molar-refractivity contribution in [2.75, 3.05) is 48.9 Å². The maximum Gasteiger partial charge on any atom is 0.258 e. The van der Waals surface area contributed by atoms with E-state index >= 15 is 0 Å². The lowest BCUT2D eigenvalue weighted by Gasteiger charge is -2.38. The monoisotopic (exact) mass is 775 g/mol. The minimum Gasteiger partial charge on any atom is -0.381 e. The first kappa shape index (κ1) is 38.2. The van der Waals surface area contributed by atoms with Gasteiger partial charge >= 0.3 is 0 Å². The summed E-state index contributed by atoms with van der Waals surface area (Å²) in [4.78, 5) is 42.7. The molecule has 4 heterocycles. The molecular formula is C44H47F2N7O4. The summed E-state index contributed by atoms with van der Waals surface area (Å²) in [5.41, 5.74) is 6.50. The minimum atomic E-state index is -0.625. The summed E-state index contributed by atoms with van der Waals surface area (Å²) in [5.74, 6) is -1.88. The summed E-state index contributed by atoms with van der Waals surface area (Å²) in [6.07, 6.45) is 4.87. The van der Waals surface area contributed by atoms with E-state index in [0.29, 0.717) is 60.8 Å². The van der Waals surface area contributed by atoms with Crippen molar-refractivity contribution < 1.29 is 27.9 Å². The van der Waals surface area contributed by atoms with Crippen molar-refractivity contribution in [3.05, 3.63) is 118 Å². The number of H-pyrrole nitrogens is 1. The zero-order chi connectivity index (χ0) is 39.5. The quantitative estimate of drug-likeness (QED) is 0.107. The van der Waals surface area contributed by atoms with Gasteiger partial charge in [0.1, 0.15) is 11.6 Å². The number of amides is 3. The van der Waals surface area contributed by atoms with E-state index in [-0.39, 0.29) is 29.7 Å². The number of imide groups is 1. The molecule has 13 heteroatoms. The lowest BCUT2D eigenvalue weighted by Crippen LogP contribution is -2.43. The normalized spacial score (nSPS) is 18.2. The predicted octanol–water partition coefficient (Wildman–Crippen LogP) is 6.90. The standard InChI is InChI=1S/C44H47F2N7O4/c1-52(26-27-2-5-30(6-3-27)36-9-11-41(54)48-43(36)55)34-12-16-53(17-13-34)35-7-8-37(40(25-35)47-33-14-18-57-19-15-33)44(56)49-42-38-23-28(4-10-39(38)50-51-42)20-29-21-31(45)24-32(46)22-29/h2-8,10,21-25,33-34,36,47H,9,11-20,26H2,1H3,(H,48,54,55)(H2,49,50,51,56). The number of aromatic amines is 1. The first-order valence-electron chi connectivity index (χ1n) is 19.7. The second-order valence-corrected chi connectivity index (χ2v) is 15.5. The summed E-state index contributed by atoms with van der Waals surface area (Å²) in [5, 5.41) is 17.2. The maximum atomic E-state index is 14.0. The second-order valence-electron chi connectivity index (χ2n) is 15.5. The summed E-state index contributed by atoms with van der Waals surface area (Å²) in [7, 11) is 2.16. The number of rotatable bonds is 11. The number of carbonyl (C=O) groups is 3. The fourth-order valence-electron chi connectivity index (χ4n) is 8.35. The number of nitrogens with one attached hydrogen (secondary N) is 4. The van der Waals surface area contributed by atoms with E-state index in [1.54, 1.807) is 0 Å². The van der Waals surface area contributed by atoms with Crippen LogP contribution in [0.5, 0.6) is 0 Å². The first-order valence-corrected chi connectivity index (χ1v) is 19.7. The van der Waals surface area contributed by atoms with Crippen LogP contribution in [0, 0.1) is 11.6 Å². The number of fused-ring (bicyclic) bond motifs is 1. The van der Waals surface area contributed by atoms with Crippen LogP contribution < -0.4 is 20.9 Å². The molecule has 296 valence electrons. The zero-order valence-corrected chi connectivity index (χ0v) is 32.0. The van der Waals surface area contributed by atoms with E-state index in [1.807, 2.05) is 42.5 Å². The van der Waals surface area contributed by atoms with Crippen LogP contribution in [-0.4, -0.2) is 78.3 Å². The van der Waals surface area contributed by atoms with Gasteiger partial charge in [-0.15, -0.1) is 0 Å². The van der Waals surface area contributed by atoms with E-state index < -0.39 is 11.6 Å². The summed E-state index contributed by atoms with van der Waals surface area (Å²) < 4.78 is 33.3. The number of halogens is 2. The highest BCUT2D eigenvalue weighted by atomic mass is 19.1. The van der Waals surface area contributed by atoms with E-state index in [2.05, 4.69) is 61.2 Å². The van der Waals surface area contributed by atoms with Crippen LogP contribution in [0.1, 0.15) is 77.1 Å². The molecule has 3 saturated heterocycles. The Labute approximate surface area is 330 Å². The van der Waals surface area contributed by atoms with Crippen LogP contribution in [0.4, 0.5) is 26.0 Å². The third-order valence-electron chi connectivity index (χ3n) is 11.5. The first-order chi connectivity index (χ1) is 27.6. The SMILES string of the molecule is CN(Cc1ccc(C2CCC(=O)NC2=O)cc1)C1CCN(c2ccc(C(=O)Nc3n[nH]c4ccc(Cc5cc(F)cc(F)c5)cc34)c(NC3CCOCC3)c2)CC1. The predicted molar refractivity (Wildman–Crippen MR) is 215 cm³/mol. The van der Waals surface area contributed by atoms with Gasteiger partial charge in [0.25, 0.3) is 5.91 Å². The number of anilines is 3. The highest BCUT2D eigenvalue weighted by Crippen LogP contribution is 2.32. The van der Waals surface area contributed by atoms with Gasteiger partial charge in [-0.2, -0.15) is 5.10 Å². The number of benzene rings is 4. The molecule has 0 aliphatic carbocycles. The lowest BCUT2D eigenvalue weighted by atomic mass is 9.90. The molecule has 4 aromatic carbocycles. The number of ether oxygens (including phenoxy) is 1. The Morgan fingerprint density at radius 2 is 1.61 bits per heavy atom. The average molecular weight is 776 g/mol. The van der Waals surface area contributed by atoms with Crippen LogP contribution in [0.2, 0.25) is 0 Å². The number of carbonyl (C=O) groups excluding carboxylic acids is 3. The third kappa shape index (κ3) is 9.00. The molecule has 0 bridgehead atoms. The zero-order valence-electron chi connectivity index (χ0n) is 32.0. The topological polar surface area (TPSA) is 132 Å². The molecule has 0 saturated carbocycles. The number of aromatic nitrogens is 2. The fourth-order valence-corrected chi connectivity index (χ4v) is 8.35. The Balaban J connectivity index is 0.931. The number of nitrogens with zero attached hydrogens (tertiary/aromatic N) is 3. The molecule has 1 atom stereocenters. The van der Waals surface area contributed by atoms with Crippen molar-refractivity contribution in [2.24, 2.45) is 0 Å². The summed E-state index contributed by atoms with van der Waals surface area (Å²) in [6.45, 7) is 3.86. The van der Waals surface area contributed by atoms with Gasteiger partial charge < -0.3 is 20.3 Å². The molecule has 1 unspecified atom stereocenters. The average Bonchev–Trinajstić information content (AvgIpc) is 3.59. The van der Waals surface area contributed by atoms with Crippen LogP contribution in [0.25, 0.3) is 10.9 Å². The molecule has 3 aliphatic rings. The maximum absolute atomic E-state index is 14.0. The molecule has 5 aromatic rings. The molecule has 3 amide bonds. The van der Waals surface area contributed by atoms with Gasteiger partial charge in [-0.1, -0.05) is 30.3 Å². The molecule has 3 aliphatic heterocycles. The van der Waals surface area contributed by atoms with Crippen LogP contribution in [0.15, 0.2) is 78.9 Å². The van der Waals surface area contributed by atoms with Gasteiger partial charge in [0.2, 0.25) is 11.8 Å². The van der Waals surface area contributed by atoms with Crippen LogP contribution in [-0.2, 0) is 27.3 Å². The molecule has 3 fully saturated rings. The van der Waals surface area contributed by atoms with E-state index in [1.165, 1.54) is 17.7 Å². The molecule has 4 N–H and O–H groups in total. The van der Waals surface area contributed by atoms with Crippen molar-refractivity contribution in [3.63, 3.8) is 0 Å². The lowest BCUT2D eigenvalue weighted by molar-refractivity contribution is -0.134. The smallest absolute Gasteiger partial charge is 0.258 e. The number of hydrogen-bond donors (Lipinski definition) is 4. The highest BCUT2D eigenvalue weighted by molar-refractivity contribution is 6.11. The molecule has 0 spiro atoms. The van der Waals surface area contributed by atoms with Gasteiger partial charge in [-0.05, 0) is 110 Å². The van der Waals surface area contributed by atoms with Gasteiger partial charge in [0.15, 0.2) is 5.82 Å². The Bertz CT molecular complexity index is 2240. The molecule has 0 radical (unpaired) electrons. The Hall–Kier alpha value is -5.66. The molecule has 8 rings (SSSR count). The largest absolute Gasteiger partial charge is 0.381 e. The van der Waals surface area contributed by atoms with Gasteiger partial charge in [-0.25, -0.2) is 8.78 Å². The van der Waals surface area contributed by atoms with Gasteiger partial charge in [0.05, 0.1) is 17.0 Å². The molecule has 57 heavy (non-hydrogen) atoms. The van der Waals surface area contributed by atoms with E-state index in [0.717, 1.165) is 79.4 Å². The van der Waals surface area contributed by atoms with Crippen LogP contribution in [0.3, 0.4) is 0 Å². The summed E-state index contributed by atoms with van der Waals surface area (Å²) >= 11 is 0. The number of piperidine rings is 2. The molecular weight excluding hydrogens is 729 g/mol. The van der Waals surface area contributed by atoms with E-state index in [9.17, 15) is 23.2 Å². The van der Waals surface area contributed by atoms with Gasteiger partial charge in [0, 0.05) is 74.2 Å². The summed E-state index contributed by atoms with van der Waals surface area (Å²) in [6, 6.07) is 23.8. The van der Waals surface area contributed by atoms with Crippen molar-refractivity contribution >= 4 is 45.8 Å². The van der Waals surface area contributed by atoms with E-state index in [4.69, 9.17) is 4.74 Å². The molecule has 1 aromatic heterocycles. The highest BCUT2D eigenvalue weighted by Gasteiger charge is 2.29. The number of hydrogen-bond acceptors (Lipinski definition) is 8. The Kier molecular flexibility index (Phi) is 11.3. The third-order valence-corrected chi connectivity index (χ3v) is 11.5. The fraction of sp³-hybridized carbons (Fsp3) is 0.364. The minimum absolute atomic E-state index is 0.166. The van der Waals surface area contributed by atoms with Crippen molar-refractivity contribution in [1.82, 2.24) is 20.4 Å². The Morgan fingerprint density at radius 1 is 0.877 bits per heavy atom. The van der Waals surface area contributed by atoms with Crippen LogP contribution >= 0.6 is 0 Å². The second kappa shape index (κ2) is 16.8. The molecule has 11 nitrogen and oxygen atoms in total. The van der Waals surface area contributed by atoms with Crippen molar-refractivity contribution in [3.8, 4) is 0 Å². The Morgan fingerprint density at radius 3 is 2.35 bits per heavy atom. The van der Waals surface area contributed by atoms with Crippen molar-refractivity contribution in [2.45, 2.75) is 69.5 Å².